The molecule has 0 N–H and O–H groups in total. The van der Waals surface area contributed by atoms with E-state index in [1.165, 1.54) is 0 Å². The maximum absolute atomic E-state index is 13.0. The fourth-order valence-corrected chi connectivity index (χ4v) is 12.8. The van der Waals surface area contributed by atoms with Crippen molar-refractivity contribution in [1.82, 2.24) is 0 Å². The molecule has 0 bridgehead atoms. The summed E-state index contributed by atoms with van der Waals surface area (Å²) in [5.74, 6) is 0.449. The van der Waals surface area contributed by atoms with E-state index in [1.54, 1.807) is 62.8 Å². The van der Waals surface area contributed by atoms with Gasteiger partial charge in [0.25, 0.3) is 0 Å². The molecule has 0 aliphatic rings. The van der Waals surface area contributed by atoms with Crippen LogP contribution in [-0.2, 0) is 6.15 Å². The van der Waals surface area contributed by atoms with Crippen LogP contribution in [0.1, 0.15) is 60.2 Å². The molecule has 0 fully saturated rings. The van der Waals surface area contributed by atoms with Crippen molar-refractivity contribution < 1.29 is 25.2 Å². The molecule has 0 unspecified atom stereocenters. The first-order valence-corrected chi connectivity index (χ1v) is 17.1. The molecule has 7 heteroatoms. The number of carbonyl (C=O) groups is 2. The van der Waals surface area contributed by atoms with Crippen LogP contribution in [0.15, 0.2) is 48.5 Å². The molecule has 168 valence electrons. The minimum atomic E-state index is -4.06. The summed E-state index contributed by atoms with van der Waals surface area (Å²) in [5, 5.41) is 0. The first-order chi connectivity index (χ1) is 15.0. The fraction of sp³-hybridized carbons (Fsp3) is 0.417. The normalized spacial score (nSPS) is 11.0. The summed E-state index contributed by atoms with van der Waals surface area (Å²) in [6.07, 6.45) is 3.58. The van der Waals surface area contributed by atoms with Crippen molar-refractivity contribution in [2.24, 2.45) is 0 Å². The van der Waals surface area contributed by atoms with Crippen LogP contribution in [0, 0.1) is 0 Å². The number of methoxy groups -OCH3 is 2. The van der Waals surface area contributed by atoms with Gasteiger partial charge in [-0.05, 0) is 0 Å². The second-order valence-corrected chi connectivity index (χ2v) is 16.6. The van der Waals surface area contributed by atoms with Crippen molar-refractivity contribution in [3.63, 3.8) is 0 Å². The summed E-state index contributed by atoms with van der Waals surface area (Å²) >= 11 is -4.06. The molecular weight excluding hydrogens is 503 g/mol. The molecule has 0 aliphatic carbocycles. The first kappa shape index (κ1) is 25.0. The third kappa shape index (κ3) is 7.45. The Balaban J connectivity index is 2.28. The number of hydrogen-bond donors (Lipinski definition) is 0. The molecule has 0 spiro atoms. The SMILES string of the molecule is CCC[CH2][Sn]([CH2]CCC)([O]C(=O)c1ccc(OC)cc1)[O]C(=O)c1ccc(OC)cc1. The van der Waals surface area contributed by atoms with E-state index in [4.69, 9.17) is 15.6 Å². The van der Waals surface area contributed by atoms with E-state index in [-0.39, 0.29) is 0 Å². The number of rotatable bonds is 12. The zero-order valence-corrected chi connectivity index (χ0v) is 21.7. The molecule has 0 radical (unpaired) electrons. The van der Waals surface area contributed by atoms with Crippen molar-refractivity contribution in [3.05, 3.63) is 59.7 Å². The predicted molar refractivity (Wildman–Crippen MR) is 122 cm³/mol. The Kier molecular flexibility index (Phi) is 10.2. The van der Waals surface area contributed by atoms with Crippen molar-refractivity contribution >= 4 is 31.1 Å². The van der Waals surface area contributed by atoms with Crippen LogP contribution in [0.3, 0.4) is 0 Å². The number of benzene rings is 2. The van der Waals surface area contributed by atoms with Gasteiger partial charge in [0.2, 0.25) is 0 Å². The molecule has 6 nitrogen and oxygen atoms in total. The standard InChI is InChI=1S/2C8H8O3.2C4H9.Sn/c2*1-11-7-4-2-6(3-5-7)8(9)10;2*1-3-4-2;/h2*2-5H,1H3,(H,9,10);2*1,3-4H2,2H3;/q;;;;+2/p-2. The van der Waals surface area contributed by atoms with Gasteiger partial charge >= 0.3 is 190 Å². The third-order valence-corrected chi connectivity index (χ3v) is 14.6. The van der Waals surface area contributed by atoms with Crippen molar-refractivity contribution in [2.45, 2.75) is 48.4 Å². The summed E-state index contributed by atoms with van der Waals surface area (Å²) in [4.78, 5) is 25.9. The van der Waals surface area contributed by atoms with Gasteiger partial charge in [0.1, 0.15) is 0 Å². The monoisotopic (exact) mass is 536 g/mol. The van der Waals surface area contributed by atoms with Crippen LogP contribution in [0.25, 0.3) is 0 Å². The average Bonchev–Trinajstić information content (AvgIpc) is 2.81. The quantitative estimate of drug-likeness (QED) is 0.322. The van der Waals surface area contributed by atoms with E-state index in [0.717, 1.165) is 25.7 Å². The fourth-order valence-electron chi connectivity index (χ4n) is 3.15. The summed E-state index contributed by atoms with van der Waals surface area (Å²) < 4.78 is 23.8. The van der Waals surface area contributed by atoms with Crippen molar-refractivity contribution in [3.8, 4) is 11.5 Å². The Labute approximate surface area is 189 Å². The van der Waals surface area contributed by atoms with Gasteiger partial charge in [-0.1, -0.05) is 0 Å². The molecular formula is C24H32O6Sn. The maximum atomic E-state index is 13.0. The number of unbranched alkanes of at least 4 members (excludes halogenated alkanes) is 2. The van der Waals surface area contributed by atoms with Crippen LogP contribution in [0.2, 0.25) is 8.87 Å². The Hall–Kier alpha value is -2.22. The van der Waals surface area contributed by atoms with E-state index in [1.807, 2.05) is 0 Å². The zero-order valence-electron chi connectivity index (χ0n) is 18.8. The third-order valence-electron chi connectivity index (χ3n) is 5.03. The van der Waals surface area contributed by atoms with E-state index in [9.17, 15) is 9.59 Å². The number of carbonyl (C=O) groups excluding carboxylic acids is 2. The van der Waals surface area contributed by atoms with E-state index < -0.39 is 31.1 Å². The molecule has 0 heterocycles. The molecule has 0 aliphatic heterocycles. The second-order valence-electron chi connectivity index (χ2n) is 7.35. The van der Waals surface area contributed by atoms with E-state index >= 15 is 0 Å². The van der Waals surface area contributed by atoms with E-state index in [0.29, 0.717) is 31.5 Å². The van der Waals surface area contributed by atoms with Gasteiger partial charge in [0.05, 0.1) is 0 Å². The van der Waals surface area contributed by atoms with Crippen LogP contribution >= 0.6 is 0 Å². The van der Waals surface area contributed by atoms with Crippen molar-refractivity contribution in [1.29, 1.82) is 0 Å². The van der Waals surface area contributed by atoms with Gasteiger partial charge in [-0.25, -0.2) is 0 Å². The van der Waals surface area contributed by atoms with Gasteiger partial charge in [-0.2, -0.15) is 0 Å². The minimum absolute atomic E-state index is 0.426. The Morgan fingerprint density at radius 1 is 0.677 bits per heavy atom. The van der Waals surface area contributed by atoms with Crippen LogP contribution < -0.4 is 9.47 Å². The van der Waals surface area contributed by atoms with Gasteiger partial charge in [-0.3, -0.25) is 0 Å². The van der Waals surface area contributed by atoms with Crippen LogP contribution in [0.5, 0.6) is 11.5 Å². The Bertz CT molecular complexity index is 761. The summed E-state index contributed by atoms with van der Waals surface area (Å²) in [5.41, 5.74) is 0.853. The van der Waals surface area contributed by atoms with E-state index in [2.05, 4.69) is 13.8 Å². The molecule has 31 heavy (non-hydrogen) atoms. The first-order valence-electron chi connectivity index (χ1n) is 10.7. The summed E-state index contributed by atoms with van der Waals surface area (Å²) in [6, 6.07) is 13.5. The number of ether oxygens (including phenoxy) is 2. The molecule has 2 rings (SSSR count). The van der Waals surface area contributed by atoms with Gasteiger partial charge < -0.3 is 0 Å². The molecule has 0 aromatic heterocycles. The Morgan fingerprint density at radius 3 is 1.32 bits per heavy atom. The molecule has 0 atom stereocenters. The predicted octanol–water partition coefficient (Wildman–Crippen LogP) is 5.76. The molecule has 0 saturated heterocycles. The molecule has 0 saturated carbocycles. The molecule has 2 aromatic rings. The van der Waals surface area contributed by atoms with Crippen molar-refractivity contribution in [2.75, 3.05) is 14.2 Å². The zero-order chi connectivity index (χ0) is 22.7. The average molecular weight is 535 g/mol. The second kappa shape index (κ2) is 12.6. The number of hydrogen-bond acceptors (Lipinski definition) is 6. The van der Waals surface area contributed by atoms with Crippen LogP contribution in [0.4, 0.5) is 0 Å². The topological polar surface area (TPSA) is 71.1 Å². The summed E-state index contributed by atoms with van der Waals surface area (Å²) in [6.45, 7) is 4.15. The molecule has 2 aromatic carbocycles. The van der Waals surface area contributed by atoms with Gasteiger partial charge in [0, 0.05) is 0 Å². The Morgan fingerprint density at radius 2 is 1.03 bits per heavy atom. The summed E-state index contributed by atoms with van der Waals surface area (Å²) in [7, 11) is 3.14. The van der Waals surface area contributed by atoms with Gasteiger partial charge in [-0.15, -0.1) is 0 Å². The van der Waals surface area contributed by atoms with Gasteiger partial charge in [0.15, 0.2) is 0 Å². The molecule has 0 amide bonds. The van der Waals surface area contributed by atoms with Crippen LogP contribution in [-0.4, -0.2) is 45.4 Å².